The van der Waals surface area contributed by atoms with Crippen LogP contribution < -0.4 is 5.32 Å². The second-order valence-corrected chi connectivity index (χ2v) is 5.89. The number of anilines is 1. The van der Waals surface area contributed by atoms with Crippen LogP contribution >= 0.6 is 11.3 Å². The number of benzene rings is 1. The Morgan fingerprint density at radius 2 is 2.00 bits per heavy atom. The molecule has 1 heterocycles. The quantitative estimate of drug-likeness (QED) is 0.828. The number of thiol groups is 1. The minimum atomic E-state index is -2.54. The molecule has 0 atom stereocenters. The average Bonchev–Trinajstić information content (AvgIpc) is 2.87. The predicted octanol–water partition coefficient (Wildman–Crippen LogP) is 3.58. The zero-order valence-electron chi connectivity index (χ0n) is 10.5. The molecule has 0 radical (unpaired) electrons. The fourth-order valence-corrected chi connectivity index (χ4v) is 3.34. The largest absolute Gasteiger partial charge is 0.359 e. The van der Waals surface area contributed by atoms with E-state index in [1.165, 1.54) is 11.3 Å². The molecule has 0 saturated carbocycles. The Hall–Kier alpha value is -1.59. The second kappa shape index (κ2) is 6.54. The van der Waals surface area contributed by atoms with E-state index in [0.717, 1.165) is 22.7 Å². The predicted molar refractivity (Wildman–Crippen MR) is 81.2 cm³/mol. The maximum atomic E-state index is 11.1. The van der Waals surface area contributed by atoms with Crippen molar-refractivity contribution in [1.82, 2.24) is 0 Å². The summed E-state index contributed by atoms with van der Waals surface area (Å²) in [4.78, 5) is 1.16. The number of rotatable bonds is 5. The van der Waals surface area contributed by atoms with Crippen LogP contribution in [0.4, 0.5) is 5.69 Å². The molecule has 0 amide bonds. The highest BCUT2D eigenvalue weighted by atomic mass is 32.2. The third-order valence-corrected chi connectivity index (χ3v) is 4.43. The maximum absolute atomic E-state index is 11.1. The number of para-hydroxylation sites is 1. The highest BCUT2D eigenvalue weighted by molar-refractivity contribution is 7.72. The molecule has 100 valence electrons. The summed E-state index contributed by atoms with van der Waals surface area (Å²) in [5.41, 5.74) is 1.99. The fraction of sp³-hybridized carbons (Fsp3) is 0.143. The molecule has 0 bridgehead atoms. The molecule has 0 fully saturated rings. The molecule has 5 heteroatoms. The Morgan fingerprint density at radius 1 is 1.26 bits per heavy atom. The van der Waals surface area contributed by atoms with Crippen LogP contribution in [0.5, 0.6) is 0 Å². The lowest BCUT2D eigenvalue weighted by atomic mass is 10.2. The Balaban J connectivity index is 2.26. The van der Waals surface area contributed by atoms with Crippen LogP contribution in [0.2, 0.25) is 0 Å². The lowest BCUT2D eigenvalue weighted by molar-refractivity contribution is 0.615. The third kappa shape index (κ3) is 3.68. The van der Waals surface area contributed by atoms with Gasteiger partial charge in [0.05, 0.1) is 4.90 Å². The van der Waals surface area contributed by atoms with E-state index in [1.807, 2.05) is 43.3 Å². The lowest BCUT2D eigenvalue weighted by Gasteiger charge is -2.08. The van der Waals surface area contributed by atoms with E-state index in [2.05, 4.69) is 5.32 Å². The molecule has 0 unspecified atom stereocenters. The van der Waals surface area contributed by atoms with E-state index in [0.29, 0.717) is 4.90 Å². The van der Waals surface area contributed by atoms with Crippen molar-refractivity contribution >= 4 is 33.8 Å². The van der Waals surface area contributed by atoms with Crippen molar-refractivity contribution in [3.8, 4) is 0 Å². The van der Waals surface area contributed by atoms with Crippen molar-refractivity contribution in [3.63, 3.8) is 0 Å². The zero-order chi connectivity index (χ0) is 13.7. The first-order valence-electron chi connectivity index (χ1n) is 5.95. The zero-order valence-corrected chi connectivity index (χ0v) is 12.2. The smallest absolute Gasteiger partial charge is 0.169 e. The molecule has 1 N–H and O–H groups in total. The van der Waals surface area contributed by atoms with Gasteiger partial charge in [-0.15, -0.1) is 11.3 Å². The maximum Gasteiger partial charge on any atom is 0.169 e. The number of thiophene rings is 1. The second-order valence-electron chi connectivity index (χ2n) is 3.94. The van der Waals surface area contributed by atoms with E-state index in [-0.39, 0.29) is 0 Å². The summed E-state index contributed by atoms with van der Waals surface area (Å²) in [6.07, 6.45) is 2.71. The van der Waals surface area contributed by atoms with Crippen LogP contribution in [0.1, 0.15) is 18.2 Å². The summed E-state index contributed by atoms with van der Waals surface area (Å²) >= 11 is 1.43. The molecule has 2 rings (SSSR count). The van der Waals surface area contributed by atoms with Crippen LogP contribution in [0, 0.1) is 0 Å². The van der Waals surface area contributed by atoms with Crippen molar-refractivity contribution < 1.29 is 8.42 Å². The van der Waals surface area contributed by atoms with E-state index >= 15 is 0 Å². The molecule has 0 saturated heterocycles. The standard InChI is InChI=1S/C14H15NO2S2/c1-2-11(15-12-6-4-3-5-7-12)10-13-14(19(16)17)8-9-18-13/h3-10,15,19H,2H2,1H3/b11-10-. The van der Waals surface area contributed by atoms with Crippen molar-refractivity contribution in [3.05, 3.63) is 52.4 Å². The van der Waals surface area contributed by atoms with Crippen molar-refractivity contribution in [1.29, 1.82) is 0 Å². The topological polar surface area (TPSA) is 46.2 Å². The number of hydrogen-bond donors (Lipinski definition) is 2. The molecular weight excluding hydrogens is 278 g/mol. The minimum absolute atomic E-state index is 0.390. The number of nitrogens with one attached hydrogen (secondary N) is 1. The molecule has 0 aliphatic rings. The summed E-state index contributed by atoms with van der Waals surface area (Å²) in [6.45, 7) is 2.03. The monoisotopic (exact) mass is 293 g/mol. The van der Waals surface area contributed by atoms with Gasteiger partial charge in [0.25, 0.3) is 0 Å². The first-order chi connectivity index (χ1) is 9.20. The Bertz CT molecular complexity index is 634. The summed E-state index contributed by atoms with van der Waals surface area (Å²) in [6, 6.07) is 11.5. The van der Waals surface area contributed by atoms with Crippen LogP contribution in [-0.4, -0.2) is 8.42 Å². The van der Waals surface area contributed by atoms with Crippen LogP contribution in [-0.2, 0) is 10.7 Å². The molecule has 1 aromatic carbocycles. The fourth-order valence-electron chi connectivity index (χ4n) is 1.66. The SMILES string of the molecule is CC/C(=C/c1sccc1[SH](=O)=O)Nc1ccccc1. The minimum Gasteiger partial charge on any atom is -0.359 e. The van der Waals surface area contributed by atoms with E-state index in [1.54, 1.807) is 11.4 Å². The molecule has 0 aliphatic heterocycles. The van der Waals surface area contributed by atoms with Gasteiger partial charge in [-0.3, -0.25) is 0 Å². The van der Waals surface area contributed by atoms with Gasteiger partial charge in [-0.2, -0.15) is 0 Å². The van der Waals surface area contributed by atoms with E-state index in [9.17, 15) is 8.42 Å². The van der Waals surface area contributed by atoms with Gasteiger partial charge < -0.3 is 5.32 Å². The van der Waals surface area contributed by atoms with Gasteiger partial charge in [-0.1, -0.05) is 25.1 Å². The van der Waals surface area contributed by atoms with Crippen LogP contribution in [0.15, 0.2) is 52.4 Å². The van der Waals surface area contributed by atoms with Crippen molar-refractivity contribution in [2.45, 2.75) is 18.2 Å². The van der Waals surface area contributed by atoms with Gasteiger partial charge in [0, 0.05) is 16.3 Å². The first-order valence-corrected chi connectivity index (χ1v) is 8.01. The van der Waals surface area contributed by atoms with E-state index in [4.69, 9.17) is 0 Å². The molecule has 0 aliphatic carbocycles. The molecule has 1 aromatic heterocycles. The Labute approximate surface area is 118 Å². The summed E-state index contributed by atoms with van der Waals surface area (Å²) in [5.74, 6) is 0. The average molecular weight is 293 g/mol. The number of allylic oxidation sites excluding steroid dienone is 1. The third-order valence-electron chi connectivity index (χ3n) is 2.63. The van der Waals surface area contributed by atoms with Gasteiger partial charge in [-0.25, -0.2) is 8.42 Å². The number of hydrogen-bond acceptors (Lipinski definition) is 4. The lowest BCUT2D eigenvalue weighted by Crippen LogP contribution is -1.97. The Kier molecular flexibility index (Phi) is 4.76. The van der Waals surface area contributed by atoms with Crippen molar-refractivity contribution in [2.75, 3.05) is 5.32 Å². The van der Waals surface area contributed by atoms with Gasteiger partial charge in [-0.05, 0) is 36.1 Å². The van der Waals surface area contributed by atoms with Gasteiger partial charge >= 0.3 is 0 Å². The van der Waals surface area contributed by atoms with Gasteiger partial charge in [0.15, 0.2) is 10.7 Å². The summed E-state index contributed by atoms with van der Waals surface area (Å²) in [7, 11) is -2.54. The first kappa shape index (κ1) is 13.8. The van der Waals surface area contributed by atoms with Gasteiger partial charge in [0.2, 0.25) is 0 Å². The Morgan fingerprint density at radius 3 is 2.63 bits per heavy atom. The summed E-state index contributed by atoms with van der Waals surface area (Å²) < 4.78 is 22.2. The molecule has 19 heavy (non-hydrogen) atoms. The van der Waals surface area contributed by atoms with E-state index < -0.39 is 10.7 Å². The summed E-state index contributed by atoms with van der Waals surface area (Å²) in [5, 5.41) is 5.10. The molecular formula is C14H15NO2S2. The molecule has 2 aromatic rings. The van der Waals surface area contributed by atoms with Crippen LogP contribution in [0.25, 0.3) is 6.08 Å². The highest BCUT2D eigenvalue weighted by Gasteiger charge is 2.05. The molecule has 0 spiro atoms. The van der Waals surface area contributed by atoms with Crippen LogP contribution in [0.3, 0.4) is 0 Å². The van der Waals surface area contributed by atoms with Gasteiger partial charge in [0.1, 0.15) is 0 Å². The van der Waals surface area contributed by atoms with Crippen molar-refractivity contribution in [2.24, 2.45) is 0 Å². The normalized spacial score (nSPS) is 11.8. The highest BCUT2D eigenvalue weighted by Crippen LogP contribution is 2.23. The molecule has 3 nitrogen and oxygen atoms in total.